The molecule has 27 heavy (non-hydrogen) atoms. The van der Waals surface area contributed by atoms with E-state index in [1.807, 2.05) is 17.8 Å². The summed E-state index contributed by atoms with van der Waals surface area (Å²) in [4.78, 5) is 14.4. The Balaban J connectivity index is 1.34. The second-order valence-electron chi connectivity index (χ2n) is 7.91. The first-order valence-electron chi connectivity index (χ1n) is 9.79. The summed E-state index contributed by atoms with van der Waals surface area (Å²) in [5.41, 5.74) is 4.91. The molecule has 0 saturated carbocycles. The second kappa shape index (κ2) is 6.84. The van der Waals surface area contributed by atoms with Gasteiger partial charge in [-0.3, -0.25) is 10.1 Å². The van der Waals surface area contributed by atoms with Crippen molar-refractivity contribution in [2.24, 2.45) is 11.8 Å². The molecule has 5 rings (SSSR count). The lowest BCUT2D eigenvalue weighted by molar-refractivity contribution is -0.127. The normalized spacial score (nSPS) is 29.9. The standard InChI is InChI=1S/C23H24N2OS/c1-14-7-12-18-19(13-14)27-23-20(18)22(26)24-21(25-23)17-10-8-16(9-11-17)15-5-3-2-4-6-15/h2-6,8-11,14,20-21,23,25H,7,12-13H2,1H3,(H,24,26). The van der Waals surface area contributed by atoms with E-state index in [0.717, 1.165) is 24.3 Å². The summed E-state index contributed by atoms with van der Waals surface area (Å²) in [6.45, 7) is 2.32. The average Bonchev–Trinajstić information content (AvgIpc) is 3.06. The lowest BCUT2D eigenvalue weighted by Crippen LogP contribution is -2.54. The van der Waals surface area contributed by atoms with Crippen LogP contribution in [0.1, 0.15) is 37.9 Å². The zero-order valence-corrected chi connectivity index (χ0v) is 16.3. The summed E-state index contributed by atoms with van der Waals surface area (Å²) in [6.07, 6.45) is 3.31. The SMILES string of the molecule is CC1CCC2=C(C1)SC1NC(c3ccc(-c4ccccc4)cc3)NC(=O)C21. The van der Waals surface area contributed by atoms with Crippen molar-refractivity contribution in [3.05, 3.63) is 70.6 Å². The van der Waals surface area contributed by atoms with Crippen LogP contribution in [-0.4, -0.2) is 11.3 Å². The molecule has 0 bridgehead atoms. The minimum atomic E-state index is -0.116. The van der Waals surface area contributed by atoms with Crippen LogP contribution in [0.25, 0.3) is 11.1 Å². The molecule has 3 aliphatic rings. The topological polar surface area (TPSA) is 41.1 Å². The number of nitrogens with one attached hydrogen (secondary N) is 2. The van der Waals surface area contributed by atoms with Gasteiger partial charge in [0.15, 0.2) is 0 Å². The van der Waals surface area contributed by atoms with Crippen molar-refractivity contribution < 1.29 is 4.79 Å². The van der Waals surface area contributed by atoms with Gasteiger partial charge in [-0.05, 0) is 52.3 Å². The maximum Gasteiger partial charge on any atom is 0.231 e. The summed E-state index contributed by atoms with van der Waals surface area (Å²) < 4.78 is 0. The van der Waals surface area contributed by atoms with Gasteiger partial charge in [-0.2, -0.15) is 0 Å². The molecule has 4 heteroatoms. The van der Waals surface area contributed by atoms with E-state index in [2.05, 4.69) is 66.1 Å². The highest BCUT2D eigenvalue weighted by Gasteiger charge is 2.45. The van der Waals surface area contributed by atoms with Crippen molar-refractivity contribution in [3.63, 3.8) is 0 Å². The van der Waals surface area contributed by atoms with Crippen LogP contribution in [-0.2, 0) is 4.79 Å². The Morgan fingerprint density at radius 1 is 1.00 bits per heavy atom. The van der Waals surface area contributed by atoms with Gasteiger partial charge in [0.05, 0.1) is 11.3 Å². The number of allylic oxidation sites excluding steroid dienone is 1. The van der Waals surface area contributed by atoms with Gasteiger partial charge in [0.25, 0.3) is 0 Å². The number of hydrogen-bond acceptors (Lipinski definition) is 3. The molecule has 2 aromatic rings. The van der Waals surface area contributed by atoms with Gasteiger partial charge in [0.1, 0.15) is 6.17 Å². The highest BCUT2D eigenvalue weighted by Crippen LogP contribution is 2.50. The molecule has 2 heterocycles. The predicted octanol–water partition coefficient (Wildman–Crippen LogP) is 4.83. The number of amides is 1. The van der Waals surface area contributed by atoms with Gasteiger partial charge < -0.3 is 5.32 Å². The fourth-order valence-electron chi connectivity index (χ4n) is 4.49. The van der Waals surface area contributed by atoms with Crippen LogP contribution < -0.4 is 10.6 Å². The monoisotopic (exact) mass is 376 g/mol. The number of thioether (sulfide) groups is 1. The van der Waals surface area contributed by atoms with Crippen molar-refractivity contribution in [3.8, 4) is 11.1 Å². The van der Waals surface area contributed by atoms with Crippen molar-refractivity contribution >= 4 is 17.7 Å². The maximum absolute atomic E-state index is 12.9. The second-order valence-corrected chi connectivity index (χ2v) is 9.15. The maximum atomic E-state index is 12.9. The van der Waals surface area contributed by atoms with E-state index in [-0.39, 0.29) is 23.4 Å². The quantitative estimate of drug-likeness (QED) is 0.788. The van der Waals surface area contributed by atoms with Crippen LogP contribution >= 0.6 is 11.8 Å². The fourth-order valence-corrected chi connectivity index (χ4v) is 6.19. The van der Waals surface area contributed by atoms with E-state index in [4.69, 9.17) is 0 Å². The minimum absolute atomic E-state index is 0.0114. The van der Waals surface area contributed by atoms with Gasteiger partial charge in [-0.25, -0.2) is 0 Å². The largest absolute Gasteiger partial charge is 0.336 e. The minimum Gasteiger partial charge on any atom is -0.336 e. The molecule has 2 aliphatic heterocycles. The van der Waals surface area contributed by atoms with E-state index in [1.54, 1.807) is 0 Å². The molecular weight excluding hydrogens is 352 g/mol. The first kappa shape index (κ1) is 17.1. The zero-order chi connectivity index (χ0) is 18.4. The molecule has 1 amide bonds. The smallest absolute Gasteiger partial charge is 0.231 e. The fraction of sp³-hybridized carbons (Fsp3) is 0.348. The van der Waals surface area contributed by atoms with Gasteiger partial charge in [0, 0.05) is 0 Å². The molecule has 1 aliphatic carbocycles. The third kappa shape index (κ3) is 3.11. The molecule has 3 nitrogen and oxygen atoms in total. The molecule has 4 atom stereocenters. The van der Waals surface area contributed by atoms with Crippen LogP contribution in [0.4, 0.5) is 0 Å². The highest BCUT2D eigenvalue weighted by molar-refractivity contribution is 8.04. The Hall–Kier alpha value is -2.04. The Labute approximate surface area is 164 Å². The molecular formula is C23H24N2OS. The summed E-state index contributed by atoms with van der Waals surface area (Å²) in [7, 11) is 0. The highest BCUT2D eigenvalue weighted by atomic mass is 32.2. The number of carbonyl (C=O) groups is 1. The van der Waals surface area contributed by atoms with Gasteiger partial charge >= 0.3 is 0 Å². The molecule has 4 unspecified atom stereocenters. The molecule has 138 valence electrons. The summed E-state index contributed by atoms with van der Waals surface area (Å²) >= 11 is 1.89. The van der Waals surface area contributed by atoms with E-state index in [0.29, 0.717) is 0 Å². The van der Waals surface area contributed by atoms with Crippen LogP contribution in [0.3, 0.4) is 0 Å². The third-order valence-corrected chi connectivity index (χ3v) is 7.37. The molecule has 2 aromatic carbocycles. The van der Waals surface area contributed by atoms with Crippen LogP contribution in [0.2, 0.25) is 0 Å². The van der Waals surface area contributed by atoms with Crippen molar-refractivity contribution in [2.45, 2.75) is 37.7 Å². The number of fused-ring (bicyclic) bond motifs is 2. The summed E-state index contributed by atoms with van der Waals surface area (Å²) in [6, 6.07) is 18.9. The number of carbonyl (C=O) groups excluding carboxylic acids is 1. The van der Waals surface area contributed by atoms with Gasteiger partial charge in [-0.1, -0.05) is 61.5 Å². The van der Waals surface area contributed by atoms with Gasteiger partial charge in [0.2, 0.25) is 5.91 Å². The van der Waals surface area contributed by atoms with Crippen molar-refractivity contribution in [2.75, 3.05) is 0 Å². The van der Waals surface area contributed by atoms with E-state index in [1.165, 1.54) is 28.0 Å². The number of benzene rings is 2. The lowest BCUT2D eigenvalue weighted by atomic mass is 9.83. The zero-order valence-electron chi connectivity index (χ0n) is 15.4. The van der Waals surface area contributed by atoms with Crippen LogP contribution in [0, 0.1) is 11.8 Å². The molecule has 0 spiro atoms. The van der Waals surface area contributed by atoms with E-state index < -0.39 is 0 Å². The van der Waals surface area contributed by atoms with Crippen LogP contribution in [0.5, 0.6) is 0 Å². The molecule has 1 saturated heterocycles. The Morgan fingerprint density at radius 2 is 1.74 bits per heavy atom. The average molecular weight is 377 g/mol. The van der Waals surface area contributed by atoms with Crippen molar-refractivity contribution in [1.29, 1.82) is 0 Å². The lowest BCUT2D eigenvalue weighted by Gasteiger charge is -2.35. The first-order chi connectivity index (χ1) is 13.2. The number of hydrogen-bond donors (Lipinski definition) is 2. The number of rotatable bonds is 2. The van der Waals surface area contributed by atoms with Crippen LogP contribution in [0.15, 0.2) is 65.1 Å². The molecule has 0 aromatic heterocycles. The van der Waals surface area contributed by atoms with Gasteiger partial charge in [-0.15, -0.1) is 11.8 Å². The first-order valence-corrected chi connectivity index (χ1v) is 10.7. The summed E-state index contributed by atoms with van der Waals surface area (Å²) in [5, 5.41) is 7.07. The predicted molar refractivity (Wildman–Crippen MR) is 111 cm³/mol. The molecule has 0 radical (unpaired) electrons. The Morgan fingerprint density at radius 3 is 2.52 bits per heavy atom. The Kier molecular flexibility index (Phi) is 4.33. The Bertz CT molecular complexity index is 890. The third-order valence-electron chi connectivity index (χ3n) is 6.00. The molecule has 1 fully saturated rings. The van der Waals surface area contributed by atoms with E-state index >= 15 is 0 Å². The molecule has 2 N–H and O–H groups in total. The van der Waals surface area contributed by atoms with E-state index in [9.17, 15) is 4.79 Å². The van der Waals surface area contributed by atoms with Crippen molar-refractivity contribution in [1.82, 2.24) is 10.6 Å². The summed E-state index contributed by atoms with van der Waals surface area (Å²) in [5.74, 6) is 0.932.